The zero-order valence-electron chi connectivity index (χ0n) is 6.58. The summed E-state index contributed by atoms with van der Waals surface area (Å²) >= 11 is 0. The molecule has 2 N–H and O–H groups in total. The van der Waals surface area contributed by atoms with E-state index < -0.39 is 0 Å². The Balaban J connectivity index is 2.69. The Bertz CT molecular complexity index is 206. The van der Waals surface area contributed by atoms with Gasteiger partial charge in [0, 0.05) is 6.21 Å². The molecule has 11 heavy (non-hydrogen) atoms. The van der Waals surface area contributed by atoms with Crippen molar-refractivity contribution in [2.75, 3.05) is 0 Å². The van der Waals surface area contributed by atoms with Crippen LogP contribution < -0.4 is 5.73 Å². The highest BCUT2D eigenvalue weighted by molar-refractivity contribution is 5.80. The minimum atomic E-state index is -0.328. The van der Waals surface area contributed by atoms with Crippen molar-refractivity contribution in [3.05, 3.63) is 12.2 Å². The molecule has 0 aromatic rings. The van der Waals surface area contributed by atoms with E-state index in [4.69, 9.17) is 5.73 Å². The summed E-state index contributed by atoms with van der Waals surface area (Å²) in [6.07, 6.45) is 6.64. The zero-order valence-corrected chi connectivity index (χ0v) is 6.58. The number of nitrogens with two attached hydrogens (primary N) is 1. The second-order valence-electron chi connectivity index (χ2n) is 2.74. The second kappa shape index (κ2) is 2.86. The summed E-state index contributed by atoms with van der Waals surface area (Å²) in [5, 5.41) is 0. The molecule has 1 atom stereocenters. The molecule has 0 saturated heterocycles. The average Bonchev–Trinajstić information content (AvgIpc) is 2.36. The van der Waals surface area contributed by atoms with Crippen LogP contribution in [0.5, 0.6) is 0 Å². The first-order chi connectivity index (χ1) is 5.18. The summed E-state index contributed by atoms with van der Waals surface area (Å²) in [5.74, 6) is -0.296. The van der Waals surface area contributed by atoms with Crippen molar-refractivity contribution in [1.29, 1.82) is 0 Å². The Labute approximate surface area is 66.0 Å². The van der Waals surface area contributed by atoms with Gasteiger partial charge >= 0.3 is 0 Å². The van der Waals surface area contributed by atoms with Crippen LogP contribution in [0.3, 0.4) is 0 Å². The molecule has 0 aromatic heterocycles. The van der Waals surface area contributed by atoms with E-state index in [1.54, 1.807) is 6.21 Å². The summed E-state index contributed by atoms with van der Waals surface area (Å²) in [5.41, 5.74) is 4.76. The average molecular weight is 152 g/mol. The van der Waals surface area contributed by atoms with Crippen LogP contribution in [-0.4, -0.2) is 17.7 Å². The maximum absolute atomic E-state index is 10.6. The lowest BCUT2D eigenvalue weighted by atomic mass is 9.93. The van der Waals surface area contributed by atoms with Crippen molar-refractivity contribution in [1.82, 2.24) is 0 Å². The quantitative estimate of drug-likeness (QED) is 0.634. The van der Waals surface area contributed by atoms with E-state index >= 15 is 0 Å². The van der Waals surface area contributed by atoms with Gasteiger partial charge in [0.05, 0.1) is 12.0 Å². The molecule has 1 aliphatic heterocycles. The van der Waals surface area contributed by atoms with Crippen LogP contribution in [0.15, 0.2) is 17.1 Å². The number of hydrogen-bond donors (Lipinski definition) is 1. The number of rotatable bonds is 3. The van der Waals surface area contributed by atoms with Crippen LogP contribution in [0, 0.1) is 0 Å². The largest absolute Gasteiger partial charge is 0.370 e. The fourth-order valence-electron chi connectivity index (χ4n) is 1.20. The Morgan fingerprint density at radius 1 is 1.73 bits per heavy atom. The van der Waals surface area contributed by atoms with E-state index in [1.165, 1.54) is 0 Å². The van der Waals surface area contributed by atoms with Gasteiger partial charge in [-0.3, -0.25) is 9.79 Å². The van der Waals surface area contributed by atoms with Gasteiger partial charge in [0.15, 0.2) is 0 Å². The summed E-state index contributed by atoms with van der Waals surface area (Å²) in [6.45, 7) is 2.00. The van der Waals surface area contributed by atoms with E-state index in [9.17, 15) is 4.79 Å². The molecule has 0 spiro atoms. The number of nitrogens with zero attached hydrogens (tertiary/aromatic N) is 1. The van der Waals surface area contributed by atoms with Crippen LogP contribution in [0.25, 0.3) is 0 Å². The highest BCUT2D eigenvalue weighted by Gasteiger charge is 2.27. The molecule has 60 valence electrons. The molecule has 1 aliphatic rings. The van der Waals surface area contributed by atoms with Gasteiger partial charge in [0.1, 0.15) is 0 Å². The summed E-state index contributed by atoms with van der Waals surface area (Å²) in [4.78, 5) is 14.8. The highest BCUT2D eigenvalue weighted by atomic mass is 16.1. The predicted octanol–water partition coefficient (Wildman–Crippen LogP) is 0.651. The van der Waals surface area contributed by atoms with Gasteiger partial charge in [0.25, 0.3) is 0 Å². The minimum absolute atomic E-state index is 0.296. The van der Waals surface area contributed by atoms with Gasteiger partial charge in [-0.25, -0.2) is 0 Å². The van der Waals surface area contributed by atoms with E-state index in [1.807, 2.05) is 19.1 Å². The standard InChI is InChI=1S/C8H12N2O/c1-2-8(6-7(9)11)4-3-5-10-8/h3-5H,2,6H2,1H3,(H2,9,11). The van der Waals surface area contributed by atoms with E-state index in [-0.39, 0.29) is 11.4 Å². The molecule has 0 aromatic carbocycles. The lowest BCUT2D eigenvalue weighted by Gasteiger charge is -2.19. The van der Waals surface area contributed by atoms with Gasteiger partial charge in [-0.2, -0.15) is 0 Å². The molecule has 1 unspecified atom stereocenters. The van der Waals surface area contributed by atoms with Gasteiger partial charge in [-0.15, -0.1) is 0 Å². The number of carbonyl (C=O) groups is 1. The van der Waals surface area contributed by atoms with Crippen molar-refractivity contribution in [3.8, 4) is 0 Å². The van der Waals surface area contributed by atoms with Crippen molar-refractivity contribution >= 4 is 12.1 Å². The lowest BCUT2D eigenvalue weighted by Crippen LogP contribution is -2.28. The molecule has 0 aliphatic carbocycles. The fraction of sp³-hybridized carbons (Fsp3) is 0.500. The third-order valence-electron chi connectivity index (χ3n) is 1.92. The molecular weight excluding hydrogens is 140 g/mol. The van der Waals surface area contributed by atoms with Crippen LogP contribution in [-0.2, 0) is 4.79 Å². The molecule has 0 saturated carbocycles. The monoisotopic (exact) mass is 152 g/mol. The number of aliphatic imine (C=N–C) groups is 1. The Morgan fingerprint density at radius 2 is 2.45 bits per heavy atom. The minimum Gasteiger partial charge on any atom is -0.370 e. The van der Waals surface area contributed by atoms with E-state index in [2.05, 4.69) is 4.99 Å². The molecule has 3 nitrogen and oxygen atoms in total. The van der Waals surface area contributed by atoms with Gasteiger partial charge in [-0.05, 0) is 12.5 Å². The molecule has 1 amide bonds. The highest BCUT2D eigenvalue weighted by Crippen LogP contribution is 2.24. The summed E-state index contributed by atoms with van der Waals surface area (Å²) < 4.78 is 0. The fourth-order valence-corrected chi connectivity index (χ4v) is 1.20. The van der Waals surface area contributed by atoms with Gasteiger partial charge < -0.3 is 5.73 Å². The summed E-state index contributed by atoms with van der Waals surface area (Å²) in [7, 11) is 0. The molecule has 1 rings (SSSR count). The summed E-state index contributed by atoms with van der Waals surface area (Å²) in [6, 6.07) is 0. The third-order valence-corrected chi connectivity index (χ3v) is 1.92. The van der Waals surface area contributed by atoms with Crippen molar-refractivity contribution in [2.45, 2.75) is 25.3 Å². The van der Waals surface area contributed by atoms with E-state index in [0.717, 1.165) is 6.42 Å². The SMILES string of the molecule is CCC1(CC(N)=O)C=CC=N1. The molecule has 0 radical (unpaired) electrons. The first-order valence-corrected chi connectivity index (χ1v) is 3.70. The number of allylic oxidation sites excluding steroid dienone is 1. The molecule has 0 bridgehead atoms. The first kappa shape index (κ1) is 7.98. The molecule has 3 heteroatoms. The van der Waals surface area contributed by atoms with Crippen LogP contribution in [0.2, 0.25) is 0 Å². The van der Waals surface area contributed by atoms with E-state index in [0.29, 0.717) is 6.42 Å². The topological polar surface area (TPSA) is 55.5 Å². The van der Waals surface area contributed by atoms with Crippen molar-refractivity contribution < 1.29 is 4.79 Å². The number of amides is 1. The molecule has 1 heterocycles. The van der Waals surface area contributed by atoms with Crippen molar-refractivity contribution in [3.63, 3.8) is 0 Å². The lowest BCUT2D eigenvalue weighted by molar-refractivity contribution is -0.118. The van der Waals surface area contributed by atoms with Crippen LogP contribution >= 0.6 is 0 Å². The zero-order chi connectivity index (χ0) is 8.32. The first-order valence-electron chi connectivity index (χ1n) is 3.70. The maximum Gasteiger partial charge on any atom is 0.220 e. The molecular formula is C8H12N2O. The van der Waals surface area contributed by atoms with Gasteiger partial charge in [0.2, 0.25) is 5.91 Å². The van der Waals surface area contributed by atoms with Gasteiger partial charge in [-0.1, -0.05) is 13.0 Å². The Kier molecular flexibility index (Phi) is 2.08. The maximum atomic E-state index is 10.6. The number of primary amides is 1. The normalized spacial score (nSPS) is 27.7. The van der Waals surface area contributed by atoms with Crippen LogP contribution in [0.1, 0.15) is 19.8 Å². The van der Waals surface area contributed by atoms with Crippen molar-refractivity contribution in [2.24, 2.45) is 10.7 Å². The smallest absolute Gasteiger partial charge is 0.220 e. The van der Waals surface area contributed by atoms with Crippen LogP contribution in [0.4, 0.5) is 0 Å². The molecule has 0 fully saturated rings. The number of carbonyl (C=O) groups excluding carboxylic acids is 1. The Morgan fingerprint density at radius 3 is 2.82 bits per heavy atom. The number of hydrogen-bond acceptors (Lipinski definition) is 2. The predicted molar refractivity (Wildman–Crippen MR) is 44.5 cm³/mol. The third kappa shape index (κ3) is 1.67. The Hall–Kier alpha value is -1.12. The second-order valence-corrected chi connectivity index (χ2v) is 2.74.